The molecule has 0 spiro atoms. The summed E-state index contributed by atoms with van der Waals surface area (Å²) in [6, 6.07) is 12.3. The van der Waals surface area contributed by atoms with E-state index in [0.29, 0.717) is 30.0 Å². The molecule has 2 N–H and O–H groups in total. The molecule has 2 aliphatic heterocycles. The quantitative estimate of drug-likeness (QED) is 0.170. The monoisotopic (exact) mass is 750 g/mol. The molecule has 0 unspecified atom stereocenters. The lowest BCUT2D eigenvalue weighted by molar-refractivity contribution is -0.147. The second-order valence-corrected chi connectivity index (χ2v) is 16.4. The number of aromatic nitrogens is 2. The first-order chi connectivity index (χ1) is 26.0. The molecule has 7 rings (SSSR count). The SMILES string of the molecule is COc1ccc2c(O[C@@H]3C[C@H]4C(=O)C[C@]5(C(=O)O)C[C@@H]5/C=C\CCCCC[C@H](Nc5ccc(C)cc5)C(=O)N4C3)cc(-c3nc(C(C)C)cs3)nc2c1C. The summed E-state index contributed by atoms with van der Waals surface area (Å²) in [5, 5.41) is 17.5. The highest BCUT2D eigenvalue weighted by atomic mass is 32.1. The van der Waals surface area contributed by atoms with Gasteiger partial charge in [-0.3, -0.25) is 14.4 Å². The number of benzene rings is 2. The molecular weight excluding hydrogens is 701 g/mol. The van der Waals surface area contributed by atoms with Crippen LogP contribution in [0.1, 0.15) is 88.0 Å². The lowest BCUT2D eigenvalue weighted by atomic mass is 9.92. The number of nitrogens with one attached hydrogen (secondary N) is 1. The lowest BCUT2D eigenvalue weighted by Gasteiger charge is -2.29. The minimum absolute atomic E-state index is 0.127. The van der Waals surface area contributed by atoms with Crippen LogP contribution < -0.4 is 14.8 Å². The van der Waals surface area contributed by atoms with Gasteiger partial charge < -0.3 is 24.8 Å². The van der Waals surface area contributed by atoms with Crippen molar-refractivity contribution in [3.63, 3.8) is 0 Å². The van der Waals surface area contributed by atoms with Crippen LogP contribution >= 0.6 is 11.3 Å². The third-order valence-corrected chi connectivity index (χ3v) is 12.3. The van der Waals surface area contributed by atoms with E-state index in [0.717, 1.165) is 64.1 Å². The molecule has 2 aromatic carbocycles. The number of aliphatic carboxylic acids is 1. The van der Waals surface area contributed by atoms with Crippen LogP contribution in [0.4, 0.5) is 5.69 Å². The van der Waals surface area contributed by atoms with Crippen molar-refractivity contribution in [1.29, 1.82) is 0 Å². The molecule has 1 amide bonds. The highest BCUT2D eigenvalue weighted by molar-refractivity contribution is 7.13. The van der Waals surface area contributed by atoms with Crippen LogP contribution in [-0.2, 0) is 14.4 Å². The molecule has 4 aromatic rings. The van der Waals surface area contributed by atoms with Crippen molar-refractivity contribution in [2.75, 3.05) is 19.0 Å². The first-order valence-corrected chi connectivity index (χ1v) is 20.0. The summed E-state index contributed by atoms with van der Waals surface area (Å²) in [5.74, 6) is -0.00690. The number of Topliss-reactive ketones (excluding diaryl/α,β-unsaturated/α-hetero) is 1. The van der Waals surface area contributed by atoms with Crippen molar-refractivity contribution in [3.05, 3.63) is 76.8 Å². The highest BCUT2D eigenvalue weighted by Crippen LogP contribution is 2.57. The average molecular weight is 751 g/mol. The van der Waals surface area contributed by atoms with Gasteiger partial charge in [0.25, 0.3) is 0 Å². The van der Waals surface area contributed by atoms with E-state index in [1.54, 1.807) is 12.0 Å². The molecule has 4 heterocycles. The zero-order valence-electron chi connectivity index (χ0n) is 31.8. The number of anilines is 1. The topological polar surface area (TPSA) is 131 Å². The summed E-state index contributed by atoms with van der Waals surface area (Å²) < 4.78 is 12.5. The number of amides is 1. The molecule has 2 fully saturated rings. The molecular formula is C43H50N4O6S. The fourth-order valence-corrected chi connectivity index (χ4v) is 8.92. The average Bonchev–Trinajstić information content (AvgIpc) is 3.44. The van der Waals surface area contributed by atoms with Gasteiger partial charge in [0.05, 0.1) is 36.3 Å². The van der Waals surface area contributed by atoms with Crippen LogP contribution in [0.3, 0.4) is 0 Å². The predicted octanol–water partition coefficient (Wildman–Crippen LogP) is 8.51. The Kier molecular flexibility index (Phi) is 10.8. The molecule has 284 valence electrons. The largest absolute Gasteiger partial charge is 0.496 e. The summed E-state index contributed by atoms with van der Waals surface area (Å²) in [5.41, 5.74) is 4.06. The van der Waals surface area contributed by atoms with Gasteiger partial charge in [0, 0.05) is 40.9 Å². The first kappa shape index (κ1) is 37.5. The van der Waals surface area contributed by atoms with Crippen molar-refractivity contribution in [1.82, 2.24) is 14.9 Å². The number of carbonyl (C=O) groups excluding carboxylic acids is 2. The molecule has 11 heteroatoms. The summed E-state index contributed by atoms with van der Waals surface area (Å²) in [6.45, 7) is 8.39. The van der Waals surface area contributed by atoms with Crippen molar-refractivity contribution >= 4 is 45.6 Å². The minimum atomic E-state index is -1.14. The number of ether oxygens (including phenoxy) is 2. The third-order valence-electron chi connectivity index (χ3n) is 11.4. The highest BCUT2D eigenvalue weighted by Gasteiger charge is 2.61. The van der Waals surface area contributed by atoms with Crippen LogP contribution in [0.15, 0.2) is 60.0 Å². The fraction of sp³-hybridized carbons (Fsp3) is 0.465. The molecule has 54 heavy (non-hydrogen) atoms. The second-order valence-electron chi connectivity index (χ2n) is 15.6. The number of aryl methyl sites for hydroxylation is 2. The number of hydrogen-bond donors (Lipinski definition) is 2. The molecule has 1 aliphatic carbocycles. The maximum atomic E-state index is 14.7. The number of allylic oxidation sites excluding steroid dienone is 2. The summed E-state index contributed by atoms with van der Waals surface area (Å²) in [7, 11) is 1.63. The molecule has 10 nitrogen and oxygen atoms in total. The maximum absolute atomic E-state index is 14.7. The van der Waals surface area contributed by atoms with Crippen molar-refractivity contribution in [2.45, 2.75) is 103 Å². The van der Waals surface area contributed by atoms with E-state index < -0.39 is 29.6 Å². The van der Waals surface area contributed by atoms with Crippen LogP contribution in [-0.4, -0.2) is 69.5 Å². The summed E-state index contributed by atoms with van der Waals surface area (Å²) in [6.07, 6.45) is 8.24. The van der Waals surface area contributed by atoms with Gasteiger partial charge in [-0.1, -0.05) is 56.5 Å². The van der Waals surface area contributed by atoms with E-state index in [9.17, 15) is 19.5 Å². The number of nitrogens with zero attached hydrogens (tertiary/aromatic N) is 3. The van der Waals surface area contributed by atoms with Crippen LogP contribution in [0.25, 0.3) is 21.6 Å². The number of pyridine rings is 1. The zero-order valence-corrected chi connectivity index (χ0v) is 32.6. The predicted molar refractivity (Wildman–Crippen MR) is 211 cm³/mol. The van der Waals surface area contributed by atoms with Crippen LogP contribution in [0.2, 0.25) is 0 Å². The van der Waals surface area contributed by atoms with E-state index in [-0.39, 0.29) is 42.9 Å². The Hall–Kier alpha value is -4.77. The smallest absolute Gasteiger partial charge is 0.310 e. The number of carbonyl (C=O) groups is 3. The standard InChI is InChI=1S/C43H50N4O6S/c1-25(2)34-24-54-40(46-34)33-20-38(31-17-18-37(52-5)27(4)39(31)45-33)53-30-19-35-36(48)22-43(42(50)51)21-28(43)11-9-7-6-8-10-12-32(41(49)47(35)23-30)44-29-15-13-26(3)14-16-29/h9,11,13-18,20,24-25,28,30,32,35,44H,6-8,10,12,19,21-23H2,1-5H3,(H,50,51)/b11-9-/t28-,30+,32-,35-,43+/m0/s1. The van der Waals surface area contributed by atoms with Crippen molar-refractivity contribution in [3.8, 4) is 22.2 Å². The molecule has 0 bridgehead atoms. The Bertz CT molecular complexity index is 2080. The van der Waals surface area contributed by atoms with Crippen molar-refractivity contribution < 1.29 is 29.0 Å². The third kappa shape index (κ3) is 7.60. The molecule has 2 aromatic heterocycles. The van der Waals surface area contributed by atoms with Crippen molar-refractivity contribution in [2.24, 2.45) is 11.3 Å². The van der Waals surface area contributed by atoms with Gasteiger partial charge >= 0.3 is 5.97 Å². The van der Waals surface area contributed by atoms with Gasteiger partial charge in [-0.25, -0.2) is 9.97 Å². The number of carboxylic acid groups (broad SMARTS) is 1. The van der Waals surface area contributed by atoms with Gasteiger partial charge in [-0.05, 0) is 75.6 Å². The van der Waals surface area contributed by atoms with E-state index in [1.807, 2.05) is 62.4 Å². The Morgan fingerprint density at radius 1 is 1.06 bits per heavy atom. The molecule has 0 radical (unpaired) electrons. The van der Waals surface area contributed by atoms with E-state index in [2.05, 4.69) is 30.6 Å². The Balaban J connectivity index is 1.25. The number of fused-ring (bicyclic) bond motifs is 3. The van der Waals surface area contributed by atoms with Gasteiger partial charge in [-0.15, -0.1) is 11.3 Å². The zero-order chi connectivity index (χ0) is 38.1. The maximum Gasteiger partial charge on any atom is 0.310 e. The minimum Gasteiger partial charge on any atom is -0.496 e. The van der Waals surface area contributed by atoms with E-state index in [4.69, 9.17) is 19.4 Å². The first-order valence-electron chi connectivity index (χ1n) is 19.1. The Labute approximate surface area is 321 Å². The summed E-state index contributed by atoms with van der Waals surface area (Å²) >= 11 is 1.53. The van der Waals surface area contributed by atoms with Gasteiger partial charge in [0.2, 0.25) is 5.91 Å². The number of ketones is 1. The molecule has 1 saturated heterocycles. The number of rotatable bonds is 8. The number of carboxylic acids is 1. The molecule has 3 aliphatic rings. The van der Waals surface area contributed by atoms with E-state index >= 15 is 0 Å². The Morgan fingerprint density at radius 3 is 2.57 bits per heavy atom. The van der Waals surface area contributed by atoms with Gasteiger partial charge in [0.15, 0.2) is 5.78 Å². The second kappa shape index (κ2) is 15.5. The van der Waals surface area contributed by atoms with Gasteiger partial charge in [-0.2, -0.15) is 0 Å². The molecule has 5 atom stereocenters. The Morgan fingerprint density at radius 2 is 1.85 bits per heavy atom. The summed E-state index contributed by atoms with van der Waals surface area (Å²) in [4.78, 5) is 53.3. The number of hydrogen-bond acceptors (Lipinski definition) is 9. The number of methoxy groups -OCH3 is 1. The van der Waals surface area contributed by atoms with Gasteiger partial charge in [0.1, 0.15) is 34.3 Å². The van der Waals surface area contributed by atoms with E-state index in [1.165, 1.54) is 11.3 Å². The lowest BCUT2D eigenvalue weighted by Crippen LogP contribution is -2.48. The van der Waals surface area contributed by atoms with Crippen LogP contribution in [0.5, 0.6) is 11.5 Å². The molecule has 1 saturated carbocycles. The van der Waals surface area contributed by atoms with Crippen LogP contribution in [0, 0.1) is 25.2 Å². The normalized spacial score (nSPS) is 25.4. The fourth-order valence-electron chi connectivity index (χ4n) is 7.98. The number of thiazole rings is 1.